The third-order valence-electron chi connectivity index (χ3n) is 7.58. The van der Waals surface area contributed by atoms with Gasteiger partial charge < -0.3 is 10.1 Å². The maximum atomic E-state index is 10.9. The zero-order chi connectivity index (χ0) is 26.8. The molecule has 6 heteroatoms. The van der Waals surface area contributed by atoms with Crippen LogP contribution in [-0.2, 0) is 6.61 Å². The number of fused-ring (bicyclic) bond motifs is 3. The van der Waals surface area contributed by atoms with Crippen LogP contribution in [0.1, 0.15) is 46.2 Å². The minimum Gasteiger partial charge on any atom is -0.488 e. The summed E-state index contributed by atoms with van der Waals surface area (Å²) in [6.45, 7) is 2.47. The summed E-state index contributed by atoms with van der Waals surface area (Å²) in [5.41, 5.74) is 7.86. The molecule has 0 amide bonds. The lowest BCUT2D eigenvalue weighted by Crippen LogP contribution is -2.29. The van der Waals surface area contributed by atoms with Crippen LogP contribution in [0.5, 0.6) is 5.75 Å². The van der Waals surface area contributed by atoms with E-state index in [0.29, 0.717) is 24.2 Å². The second kappa shape index (κ2) is 10.6. The monoisotopic (exact) mass is 515 g/mol. The Balaban J connectivity index is 1.15. The van der Waals surface area contributed by atoms with Gasteiger partial charge in [-0.3, -0.25) is 15.1 Å². The highest BCUT2D eigenvalue weighted by Crippen LogP contribution is 2.50. The molecule has 4 aromatic carbocycles. The number of hydrogen-bond donors (Lipinski definition) is 1. The van der Waals surface area contributed by atoms with E-state index in [4.69, 9.17) is 9.73 Å². The number of aryl methyl sites for hydroxylation is 1. The normalized spacial score (nSPS) is 19.4. The van der Waals surface area contributed by atoms with Crippen LogP contribution in [0.2, 0.25) is 0 Å². The molecule has 0 saturated carbocycles. The number of nitro benzene ring substituents is 1. The number of nitrogens with one attached hydrogen (secondary N) is 1. The Morgan fingerprint density at radius 2 is 1.82 bits per heavy atom. The topological polar surface area (TPSA) is 76.8 Å². The molecule has 39 heavy (non-hydrogen) atoms. The van der Waals surface area contributed by atoms with E-state index in [-0.39, 0.29) is 11.7 Å². The molecular weight excluding hydrogens is 486 g/mol. The SMILES string of the molecule is Cc1ccc2c(c1)[C@@H]1C=CC[C@@H]1[C@H](c1ccc(N=Cc3ccccc3OCc3ccc([N+](=O)[O-])cc3)cc1)N2. The van der Waals surface area contributed by atoms with Gasteiger partial charge in [-0.05, 0) is 78.4 Å². The first kappa shape index (κ1) is 24.6. The third kappa shape index (κ3) is 5.18. The molecule has 6 rings (SSSR count). The van der Waals surface area contributed by atoms with Gasteiger partial charge in [0.2, 0.25) is 0 Å². The van der Waals surface area contributed by atoms with Gasteiger partial charge in [0.15, 0.2) is 0 Å². The molecule has 0 saturated heterocycles. The third-order valence-corrected chi connectivity index (χ3v) is 7.58. The molecule has 1 aliphatic heterocycles. The molecule has 0 radical (unpaired) electrons. The summed E-state index contributed by atoms with van der Waals surface area (Å²) < 4.78 is 6.01. The summed E-state index contributed by atoms with van der Waals surface area (Å²) in [5.74, 6) is 1.66. The van der Waals surface area contributed by atoms with Gasteiger partial charge in [-0.25, -0.2) is 0 Å². The number of para-hydroxylation sites is 1. The highest BCUT2D eigenvalue weighted by atomic mass is 16.6. The fourth-order valence-electron chi connectivity index (χ4n) is 5.55. The molecule has 3 atom stereocenters. The van der Waals surface area contributed by atoms with Gasteiger partial charge in [-0.2, -0.15) is 0 Å². The molecule has 0 unspecified atom stereocenters. The van der Waals surface area contributed by atoms with E-state index in [1.54, 1.807) is 12.1 Å². The standard InChI is InChI=1S/C33H29N3O3/c1-22-9-18-31-30(19-22)28-6-4-7-29(28)33(35-31)24-12-14-26(15-13-24)34-20-25-5-2-3-8-32(25)39-21-23-10-16-27(17-11-23)36(37)38/h2-6,8-20,28-29,33,35H,7,21H2,1H3/t28-,29+,33+/m1/s1. The van der Waals surface area contributed by atoms with E-state index in [1.165, 1.54) is 34.5 Å². The number of rotatable bonds is 7. The van der Waals surface area contributed by atoms with Gasteiger partial charge in [-0.15, -0.1) is 0 Å². The molecular formula is C33H29N3O3. The van der Waals surface area contributed by atoms with Crippen LogP contribution in [0.15, 0.2) is 108 Å². The van der Waals surface area contributed by atoms with Crippen molar-refractivity contribution in [3.63, 3.8) is 0 Å². The molecule has 0 aromatic heterocycles. The van der Waals surface area contributed by atoms with Crippen LogP contribution in [-0.4, -0.2) is 11.1 Å². The number of allylic oxidation sites excluding steroid dienone is 2. The summed E-state index contributed by atoms with van der Waals surface area (Å²) in [6.07, 6.45) is 7.58. The van der Waals surface area contributed by atoms with E-state index in [0.717, 1.165) is 23.2 Å². The average molecular weight is 516 g/mol. The van der Waals surface area contributed by atoms with Crippen molar-refractivity contribution in [1.82, 2.24) is 0 Å². The van der Waals surface area contributed by atoms with Crippen molar-refractivity contribution in [3.8, 4) is 5.75 Å². The number of anilines is 1. The maximum absolute atomic E-state index is 10.9. The number of non-ortho nitro benzene ring substituents is 1. The van der Waals surface area contributed by atoms with E-state index in [2.05, 4.69) is 66.9 Å². The van der Waals surface area contributed by atoms with Crippen molar-refractivity contribution < 1.29 is 9.66 Å². The number of hydrogen-bond acceptors (Lipinski definition) is 5. The Morgan fingerprint density at radius 3 is 2.62 bits per heavy atom. The van der Waals surface area contributed by atoms with Gasteiger partial charge in [0.05, 0.1) is 16.7 Å². The van der Waals surface area contributed by atoms with Crippen LogP contribution >= 0.6 is 0 Å². The Hall–Kier alpha value is -4.71. The molecule has 1 aliphatic carbocycles. The van der Waals surface area contributed by atoms with Crippen LogP contribution in [0.3, 0.4) is 0 Å². The molecule has 0 fully saturated rings. The van der Waals surface area contributed by atoms with E-state index >= 15 is 0 Å². The molecule has 4 aromatic rings. The summed E-state index contributed by atoms with van der Waals surface area (Å²) >= 11 is 0. The molecule has 1 heterocycles. The zero-order valence-corrected chi connectivity index (χ0v) is 21.7. The van der Waals surface area contributed by atoms with Crippen molar-refractivity contribution in [2.75, 3.05) is 5.32 Å². The predicted molar refractivity (Wildman–Crippen MR) is 155 cm³/mol. The smallest absolute Gasteiger partial charge is 0.269 e. The molecule has 1 N–H and O–H groups in total. The maximum Gasteiger partial charge on any atom is 0.269 e. The second-order valence-electron chi connectivity index (χ2n) is 10.2. The average Bonchev–Trinajstić information content (AvgIpc) is 3.46. The summed E-state index contributed by atoms with van der Waals surface area (Å²) in [7, 11) is 0. The van der Waals surface area contributed by atoms with Gasteiger partial charge in [-0.1, -0.05) is 54.1 Å². The van der Waals surface area contributed by atoms with Crippen molar-refractivity contribution in [2.45, 2.75) is 31.9 Å². The Bertz CT molecular complexity index is 1560. The van der Waals surface area contributed by atoms with Crippen LogP contribution in [0.25, 0.3) is 0 Å². The fourth-order valence-corrected chi connectivity index (χ4v) is 5.55. The van der Waals surface area contributed by atoms with Gasteiger partial charge >= 0.3 is 0 Å². The quantitative estimate of drug-likeness (QED) is 0.117. The summed E-state index contributed by atoms with van der Waals surface area (Å²) in [4.78, 5) is 15.2. The number of benzene rings is 4. The lowest BCUT2D eigenvalue weighted by atomic mass is 9.76. The predicted octanol–water partition coefficient (Wildman–Crippen LogP) is 8.06. The number of nitro groups is 1. The first-order chi connectivity index (χ1) is 19.0. The highest BCUT2D eigenvalue weighted by Gasteiger charge is 2.37. The van der Waals surface area contributed by atoms with Crippen molar-refractivity contribution in [2.24, 2.45) is 10.9 Å². The molecule has 6 nitrogen and oxygen atoms in total. The van der Waals surface area contributed by atoms with Gasteiger partial charge in [0.1, 0.15) is 12.4 Å². The number of aliphatic imine (C=N–C) groups is 1. The minimum absolute atomic E-state index is 0.0659. The summed E-state index contributed by atoms with van der Waals surface area (Å²) in [6, 6.07) is 29.6. The first-order valence-corrected chi connectivity index (χ1v) is 13.2. The lowest BCUT2D eigenvalue weighted by Gasteiger charge is -2.37. The van der Waals surface area contributed by atoms with Crippen molar-refractivity contribution in [1.29, 1.82) is 0 Å². The number of ether oxygens (including phenoxy) is 1. The minimum atomic E-state index is -0.406. The van der Waals surface area contributed by atoms with E-state index < -0.39 is 4.92 Å². The largest absolute Gasteiger partial charge is 0.488 e. The van der Waals surface area contributed by atoms with Crippen LogP contribution in [0.4, 0.5) is 17.1 Å². The van der Waals surface area contributed by atoms with E-state index in [9.17, 15) is 10.1 Å². The van der Waals surface area contributed by atoms with Crippen LogP contribution in [0, 0.1) is 23.0 Å². The second-order valence-corrected chi connectivity index (χ2v) is 10.2. The molecule has 0 spiro atoms. The molecule has 2 aliphatic rings. The molecule has 194 valence electrons. The zero-order valence-electron chi connectivity index (χ0n) is 21.7. The van der Waals surface area contributed by atoms with Crippen molar-refractivity contribution >= 4 is 23.3 Å². The van der Waals surface area contributed by atoms with Crippen LogP contribution < -0.4 is 10.1 Å². The summed E-state index contributed by atoms with van der Waals surface area (Å²) in [5, 5.41) is 14.7. The Kier molecular flexibility index (Phi) is 6.68. The number of nitrogens with zero attached hydrogens (tertiary/aromatic N) is 2. The molecule has 0 bridgehead atoms. The Morgan fingerprint density at radius 1 is 1.03 bits per heavy atom. The Labute approximate surface area is 227 Å². The first-order valence-electron chi connectivity index (χ1n) is 13.2. The van der Waals surface area contributed by atoms with Gasteiger partial charge in [0, 0.05) is 35.5 Å². The van der Waals surface area contributed by atoms with Crippen molar-refractivity contribution in [3.05, 3.63) is 141 Å². The van der Waals surface area contributed by atoms with Gasteiger partial charge in [0.25, 0.3) is 5.69 Å². The fraction of sp³-hybridized carbons (Fsp3) is 0.182. The lowest BCUT2D eigenvalue weighted by molar-refractivity contribution is -0.384. The highest BCUT2D eigenvalue weighted by molar-refractivity contribution is 5.85. The van der Waals surface area contributed by atoms with E-state index in [1.807, 2.05) is 30.5 Å².